The highest BCUT2D eigenvalue weighted by Gasteiger charge is 2.46. The Morgan fingerprint density at radius 2 is 2.04 bits per heavy atom. The Labute approximate surface area is 131 Å². The third kappa shape index (κ3) is 2.47. The second-order valence-corrected chi connectivity index (χ2v) is 5.31. The van der Waals surface area contributed by atoms with Gasteiger partial charge >= 0.3 is 0 Å². The van der Waals surface area contributed by atoms with Crippen LogP contribution >= 0.6 is 0 Å². The fourth-order valence-electron chi connectivity index (χ4n) is 2.65. The molecule has 1 aliphatic rings. The normalized spacial score (nSPS) is 19.2. The van der Waals surface area contributed by atoms with Gasteiger partial charge in [0.25, 0.3) is 5.91 Å². The van der Waals surface area contributed by atoms with Crippen molar-refractivity contribution in [2.24, 2.45) is 0 Å². The first-order valence-electron chi connectivity index (χ1n) is 6.96. The monoisotopic (exact) mass is 315 g/mol. The van der Waals surface area contributed by atoms with Crippen molar-refractivity contribution in [3.63, 3.8) is 0 Å². The predicted molar refractivity (Wildman–Crippen MR) is 80.9 cm³/mol. The molecule has 23 heavy (non-hydrogen) atoms. The molecule has 5 nitrogen and oxygen atoms in total. The largest absolute Gasteiger partial charge is 0.497 e. The quantitative estimate of drug-likeness (QED) is 0.849. The number of hydrogen-bond acceptors (Lipinski definition) is 4. The van der Waals surface area contributed by atoms with Crippen LogP contribution < -0.4 is 10.1 Å². The number of Topliss-reactive ketones (excluding diaryl/α,β-unsaturated/α-hetero) is 1. The van der Waals surface area contributed by atoms with Crippen molar-refractivity contribution in [2.45, 2.75) is 12.0 Å². The van der Waals surface area contributed by atoms with E-state index in [9.17, 15) is 19.1 Å². The zero-order valence-electron chi connectivity index (χ0n) is 12.3. The van der Waals surface area contributed by atoms with Crippen LogP contribution in [0.5, 0.6) is 5.75 Å². The number of para-hydroxylation sites is 1. The molecule has 2 N–H and O–H groups in total. The third-order valence-corrected chi connectivity index (χ3v) is 3.89. The van der Waals surface area contributed by atoms with Crippen LogP contribution in [0.25, 0.3) is 0 Å². The van der Waals surface area contributed by atoms with Gasteiger partial charge in [-0.1, -0.05) is 18.2 Å². The molecule has 0 aromatic heterocycles. The van der Waals surface area contributed by atoms with Crippen LogP contribution in [-0.4, -0.2) is 23.9 Å². The van der Waals surface area contributed by atoms with Crippen LogP contribution in [0.15, 0.2) is 42.5 Å². The molecule has 0 radical (unpaired) electrons. The van der Waals surface area contributed by atoms with Crippen molar-refractivity contribution in [3.05, 3.63) is 59.4 Å². The number of ketones is 1. The zero-order valence-corrected chi connectivity index (χ0v) is 12.3. The summed E-state index contributed by atoms with van der Waals surface area (Å²) >= 11 is 0. The van der Waals surface area contributed by atoms with E-state index in [0.29, 0.717) is 11.3 Å². The van der Waals surface area contributed by atoms with E-state index in [4.69, 9.17) is 4.74 Å². The standard InChI is InChI=1S/C17H14FNO4/c1-23-10-6-7-11(13(18)8-10)15(20)9-17(22)12-4-2-3-5-14(12)19-16(17)21/h2-8,22H,9H2,1H3,(H,19,21). The van der Waals surface area contributed by atoms with E-state index in [2.05, 4.69) is 5.32 Å². The third-order valence-electron chi connectivity index (χ3n) is 3.89. The first-order chi connectivity index (χ1) is 11.0. The lowest BCUT2D eigenvalue weighted by atomic mass is 9.88. The number of amides is 1. The van der Waals surface area contributed by atoms with E-state index >= 15 is 0 Å². The number of fused-ring (bicyclic) bond motifs is 1. The molecule has 2 aromatic rings. The molecule has 1 atom stereocenters. The lowest BCUT2D eigenvalue weighted by Gasteiger charge is -2.20. The lowest BCUT2D eigenvalue weighted by Crippen LogP contribution is -2.36. The van der Waals surface area contributed by atoms with Gasteiger partial charge in [0.05, 0.1) is 19.1 Å². The zero-order chi connectivity index (χ0) is 16.6. The Hall–Kier alpha value is -2.73. The van der Waals surface area contributed by atoms with Gasteiger partial charge in [0.1, 0.15) is 11.6 Å². The van der Waals surface area contributed by atoms with E-state index in [1.54, 1.807) is 24.3 Å². The minimum atomic E-state index is -2.00. The Balaban J connectivity index is 1.92. The highest BCUT2D eigenvalue weighted by Crippen LogP contribution is 2.39. The van der Waals surface area contributed by atoms with E-state index < -0.39 is 29.5 Å². The number of ether oxygens (including phenoxy) is 1. The number of hydrogen-bond donors (Lipinski definition) is 2. The number of benzene rings is 2. The van der Waals surface area contributed by atoms with Crippen LogP contribution in [0.4, 0.5) is 10.1 Å². The van der Waals surface area contributed by atoms with Crippen LogP contribution in [0.2, 0.25) is 0 Å². The maximum atomic E-state index is 14.0. The van der Waals surface area contributed by atoms with Crippen LogP contribution in [0.1, 0.15) is 22.3 Å². The molecule has 1 amide bonds. The minimum Gasteiger partial charge on any atom is -0.497 e. The van der Waals surface area contributed by atoms with Gasteiger partial charge in [-0.2, -0.15) is 0 Å². The molecule has 1 heterocycles. The van der Waals surface area contributed by atoms with Gasteiger partial charge in [0, 0.05) is 17.3 Å². The lowest BCUT2D eigenvalue weighted by molar-refractivity contribution is -0.133. The number of carbonyl (C=O) groups excluding carboxylic acids is 2. The second kappa shape index (κ2) is 5.48. The molecule has 0 saturated carbocycles. The van der Waals surface area contributed by atoms with E-state index in [1.807, 2.05) is 0 Å². The van der Waals surface area contributed by atoms with Crippen molar-refractivity contribution in [3.8, 4) is 5.75 Å². The number of anilines is 1. The summed E-state index contributed by atoms with van der Waals surface area (Å²) in [5.41, 5.74) is -1.44. The number of rotatable bonds is 4. The van der Waals surface area contributed by atoms with Gasteiger partial charge < -0.3 is 15.2 Å². The van der Waals surface area contributed by atoms with Crippen LogP contribution in [0.3, 0.4) is 0 Å². The maximum Gasteiger partial charge on any atom is 0.261 e. The Morgan fingerprint density at radius 1 is 1.30 bits per heavy atom. The topological polar surface area (TPSA) is 75.6 Å². The number of methoxy groups -OCH3 is 1. The fourth-order valence-corrected chi connectivity index (χ4v) is 2.65. The highest BCUT2D eigenvalue weighted by atomic mass is 19.1. The molecule has 0 spiro atoms. The van der Waals surface area contributed by atoms with Gasteiger partial charge in [0.15, 0.2) is 11.4 Å². The van der Waals surface area contributed by atoms with Crippen molar-refractivity contribution in [1.82, 2.24) is 0 Å². The molecule has 1 aliphatic heterocycles. The summed E-state index contributed by atoms with van der Waals surface area (Å²) in [5, 5.41) is 13.2. The van der Waals surface area contributed by atoms with Crippen molar-refractivity contribution in [2.75, 3.05) is 12.4 Å². The molecular weight excluding hydrogens is 301 g/mol. The SMILES string of the molecule is COc1ccc(C(=O)CC2(O)C(=O)Nc3ccccc32)c(F)c1. The first kappa shape index (κ1) is 15.2. The van der Waals surface area contributed by atoms with Crippen molar-refractivity contribution in [1.29, 1.82) is 0 Å². The Morgan fingerprint density at radius 3 is 2.74 bits per heavy atom. The van der Waals surface area contributed by atoms with E-state index in [0.717, 1.165) is 6.07 Å². The molecule has 3 rings (SSSR count). The van der Waals surface area contributed by atoms with Crippen LogP contribution in [0, 0.1) is 5.82 Å². The van der Waals surface area contributed by atoms with Gasteiger partial charge in [-0.25, -0.2) is 4.39 Å². The maximum absolute atomic E-state index is 14.0. The summed E-state index contributed by atoms with van der Waals surface area (Å²) in [6.07, 6.45) is -0.543. The summed E-state index contributed by atoms with van der Waals surface area (Å²) < 4.78 is 18.9. The number of carbonyl (C=O) groups is 2. The Bertz CT molecular complexity index is 805. The molecule has 0 bridgehead atoms. The second-order valence-electron chi connectivity index (χ2n) is 5.31. The summed E-state index contributed by atoms with van der Waals surface area (Å²) in [6, 6.07) is 10.4. The summed E-state index contributed by atoms with van der Waals surface area (Å²) in [6.45, 7) is 0. The summed E-state index contributed by atoms with van der Waals surface area (Å²) in [7, 11) is 1.39. The van der Waals surface area contributed by atoms with Crippen molar-refractivity contribution >= 4 is 17.4 Å². The average molecular weight is 315 g/mol. The molecule has 6 heteroatoms. The van der Waals surface area contributed by atoms with Gasteiger partial charge in [-0.05, 0) is 18.2 Å². The minimum absolute atomic E-state index is 0.198. The molecule has 2 aromatic carbocycles. The van der Waals surface area contributed by atoms with Gasteiger partial charge in [-0.15, -0.1) is 0 Å². The highest BCUT2D eigenvalue weighted by molar-refractivity contribution is 6.09. The Kier molecular flexibility index (Phi) is 3.61. The molecule has 1 unspecified atom stereocenters. The smallest absolute Gasteiger partial charge is 0.261 e. The summed E-state index contributed by atoms with van der Waals surface area (Å²) in [4.78, 5) is 24.4. The molecule has 0 saturated heterocycles. The molecule has 0 aliphatic carbocycles. The summed E-state index contributed by atoms with van der Waals surface area (Å²) in [5.74, 6) is -1.84. The molecule has 118 valence electrons. The van der Waals surface area contributed by atoms with Gasteiger partial charge in [0.2, 0.25) is 0 Å². The van der Waals surface area contributed by atoms with E-state index in [-0.39, 0.29) is 11.3 Å². The van der Waals surface area contributed by atoms with Crippen LogP contribution in [-0.2, 0) is 10.4 Å². The average Bonchev–Trinajstić information content (AvgIpc) is 2.78. The molecule has 0 fully saturated rings. The molecular formula is C17H14FNO4. The fraction of sp³-hybridized carbons (Fsp3) is 0.176. The number of aliphatic hydroxyl groups is 1. The first-order valence-corrected chi connectivity index (χ1v) is 6.96. The van der Waals surface area contributed by atoms with Gasteiger partial charge in [-0.3, -0.25) is 9.59 Å². The van der Waals surface area contributed by atoms with Crippen molar-refractivity contribution < 1.29 is 23.8 Å². The number of halogens is 1. The predicted octanol–water partition coefficient (Wildman–Crippen LogP) is 2.25. The number of nitrogens with one attached hydrogen (secondary N) is 1. The van der Waals surface area contributed by atoms with E-state index in [1.165, 1.54) is 19.2 Å².